The zero-order valence-electron chi connectivity index (χ0n) is 7.91. The lowest BCUT2D eigenvalue weighted by molar-refractivity contribution is -0.0175. The van der Waals surface area contributed by atoms with E-state index in [1.165, 1.54) is 12.1 Å². The average Bonchev–Trinajstić information content (AvgIpc) is 2.76. The van der Waals surface area contributed by atoms with Gasteiger partial charge in [0.1, 0.15) is 5.82 Å². The molecule has 2 heteroatoms. The van der Waals surface area contributed by atoms with Gasteiger partial charge in [0.15, 0.2) is 0 Å². The van der Waals surface area contributed by atoms with Crippen molar-refractivity contribution in [3.05, 3.63) is 35.6 Å². The Morgan fingerprint density at radius 1 is 1.29 bits per heavy atom. The summed E-state index contributed by atoms with van der Waals surface area (Å²) in [7, 11) is 0. The fourth-order valence-electron chi connectivity index (χ4n) is 3.16. The van der Waals surface area contributed by atoms with E-state index in [9.17, 15) is 9.50 Å². The second kappa shape index (κ2) is 2.57. The minimum atomic E-state index is -0.200. The zero-order chi connectivity index (χ0) is 9.76. The Balaban J connectivity index is 1.99. The van der Waals surface area contributed by atoms with Crippen LogP contribution in [0.4, 0.5) is 4.39 Å². The molecule has 0 amide bonds. The van der Waals surface area contributed by atoms with Crippen LogP contribution in [0.1, 0.15) is 24.8 Å². The van der Waals surface area contributed by atoms with E-state index in [1.54, 1.807) is 0 Å². The third kappa shape index (κ3) is 0.871. The SMILES string of the molecule is OC1C2CCC1(c1ccc(F)cc1)C2. The molecule has 1 aromatic rings. The minimum Gasteiger partial charge on any atom is -0.392 e. The lowest BCUT2D eigenvalue weighted by Gasteiger charge is -2.44. The molecule has 3 aliphatic rings. The van der Waals surface area contributed by atoms with E-state index in [-0.39, 0.29) is 17.3 Å². The molecule has 0 saturated heterocycles. The first kappa shape index (κ1) is 8.42. The highest BCUT2D eigenvalue weighted by Gasteiger charge is 2.59. The summed E-state index contributed by atoms with van der Waals surface area (Å²) in [6, 6.07) is 6.62. The molecule has 0 aliphatic heterocycles. The van der Waals surface area contributed by atoms with Gasteiger partial charge < -0.3 is 5.11 Å². The average molecular weight is 192 g/mol. The molecule has 3 saturated carbocycles. The first-order chi connectivity index (χ1) is 6.72. The van der Waals surface area contributed by atoms with Gasteiger partial charge >= 0.3 is 0 Å². The van der Waals surface area contributed by atoms with Gasteiger partial charge in [-0.1, -0.05) is 12.1 Å². The van der Waals surface area contributed by atoms with Gasteiger partial charge in [-0.25, -0.2) is 4.39 Å². The molecule has 0 radical (unpaired) electrons. The third-order valence-corrected chi connectivity index (χ3v) is 4.02. The maximum absolute atomic E-state index is 12.7. The van der Waals surface area contributed by atoms with Crippen LogP contribution in [0.2, 0.25) is 0 Å². The summed E-state index contributed by atoms with van der Waals surface area (Å²) in [6.45, 7) is 0. The summed E-state index contributed by atoms with van der Waals surface area (Å²) >= 11 is 0. The van der Waals surface area contributed by atoms with Crippen LogP contribution in [0.15, 0.2) is 24.3 Å². The van der Waals surface area contributed by atoms with E-state index >= 15 is 0 Å². The van der Waals surface area contributed by atoms with E-state index in [4.69, 9.17) is 0 Å². The number of aliphatic hydroxyl groups is 1. The Hall–Kier alpha value is -0.890. The van der Waals surface area contributed by atoms with Gasteiger partial charge in [0.2, 0.25) is 0 Å². The van der Waals surface area contributed by atoms with E-state index in [1.807, 2.05) is 12.1 Å². The highest BCUT2D eigenvalue weighted by Crippen LogP contribution is 2.59. The van der Waals surface area contributed by atoms with E-state index < -0.39 is 0 Å². The molecule has 3 atom stereocenters. The quantitative estimate of drug-likeness (QED) is 0.723. The number of fused-ring (bicyclic) bond motifs is 1. The number of benzene rings is 1. The summed E-state index contributed by atoms with van der Waals surface area (Å²) in [5.41, 5.74) is 1.08. The third-order valence-electron chi connectivity index (χ3n) is 4.02. The lowest BCUT2D eigenvalue weighted by atomic mass is 9.63. The fraction of sp³-hybridized carbons (Fsp3) is 0.500. The van der Waals surface area contributed by atoms with E-state index in [2.05, 4.69) is 0 Å². The number of halogens is 1. The van der Waals surface area contributed by atoms with Gasteiger partial charge in [0, 0.05) is 5.41 Å². The minimum absolute atomic E-state index is 0.0294. The number of rotatable bonds is 1. The summed E-state index contributed by atoms with van der Waals surface area (Å²) < 4.78 is 12.7. The van der Waals surface area contributed by atoms with Crippen LogP contribution in [0, 0.1) is 11.7 Å². The summed E-state index contributed by atoms with van der Waals surface area (Å²) in [5.74, 6) is 0.300. The van der Waals surface area contributed by atoms with E-state index in [0.717, 1.165) is 24.8 Å². The Morgan fingerprint density at radius 2 is 2.00 bits per heavy atom. The summed E-state index contributed by atoms with van der Waals surface area (Å²) in [6.07, 6.45) is 3.08. The van der Waals surface area contributed by atoms with Crippen molar-refractivity contribution in [1.82, 2.24) is 0 Å². The van der Waals surface area contributed by atoms with Crippen molar-refractivity contribution < 1.29 is 9.50 Å². The largest absolute Gasteiger partial charge is 0.392 e. The van der Waals surface area contributed by atoms with Crippen molar-refractivity contribution in [2.24, 2.45) is 5.92 Å². The number of aliphatic hydroxyl groups excluding tert-OH is 1. The Bertz CT molecular complexity index is 355. The molecular weight excluding hydrogens is 179 g/mol. The predicted octanol–water partition coefficient (Wildman–Crippen LogP) is 2.24. The van der Waals surface area contributed by atoms with Crippen LogP contribution < -0.4 is 0 Å². The standard InChI is InChI=1S/C12H13FO/c13-10-3-1-9(2-4-10)12-6-5-8(7-12)11(12)14/h1-4,8,11,14H,5-7H2. The Labute approximate surface area is 82.6 Å². The second-order valence-electron chi connectivity index (χ2n) is 4.61. The van der Waals surface area contributed by atoms with Gasteiger partial charge in [-0.3, -0.25) is 0 Å². The summed E-state index contributed by atoms with van der Waals surface area (Å²) in [4.78, 5) is 0. The Kier molecular flexibility index (Phi) is 1.55. The number of hydrogen-bond acceptors (Lipinski definition) is 1. The molecule has 4 rings (SSSR count). The van der Waals surface area contributed by atoms with Gasteiger partial charge in [-0.05, 0) is 42.9 Å². The second-order valence-corrected chi connectivity index (χ2v) is 4.61. The molecular formula is C12H13FO. The first-order valence-corrected chi connectivity index (χ1v) is 5.16. The fourth-order valence-corrected chi connectivity index (χ4v) is 3.16. The molecule has 74 valence electrons. The van der Waals surface area contributed by atoms with Crippen molar-refractivity contribution in [1.29, 1.82) is 0 Å². The van der Waals surface area contributed by atoms with Crippen LogP contribution in [-0.2, 0) is 5.41 Å². The van der Waals surface area contributed by atoms with Crippen LogP contribution in [-0.4, -0.2) is 11.2 Å². The molecule has 3 unspecified atom stereocenters. The Morgan fingerprint density at radius 3 is 2.50 bits per heavy atom. The smallest absolute Gasteiger partial charge is 0.123 e. The van der Waals surface area contributed by atoms with Crippen LogP contribution in [0.5, 0.6) is 0 Å². The monoisotopic (exact) mass is 192 g/mol. The van der Waals surface area contributed by atoms with E-state index in [0.29, 0.717) is 5.92 Å². The lowest BCUT2D eigenvalue weighted by Crippen LogP contribution is -2.48. The maximum atomic E-state index is 12.7. The molecule has 0 aromatic heterocycles. The molecule has 1 nitrogen and oxygen atoms in total. The number of hydrogen-bond donors (Lipinski definition) is 1. The van der Waals surface area contributed by atoms with Gasteiger partial charge in [-0.15, -0.1) is 0 Å². The van der Waals surface area contributed by atoms with Gasteiger partial charge in [0.25, 0.3) is 0 Å². The molecule has 0 spiro atoms. The zero-order valence-corrected chi connectivity index (χ0v) is 7.91. The van der Waals surface area contributed by atoms with Crippen molar-refractivity contribution in [2.75, 3.05) is 0 Å². The highest BCUT2D eigenvalue weighted by atomic mass is 19.1. The van der Waals surface area contributed by atoms with Gasteiger partial charge in [-0.2, -0.15) is 0 Å². The molecule has 0 heterocycles. The normalized spacial score (nSPS) is 39.6. The highest BCUT2D eigenvalue weighted by molar-refractivity contribution is 5.34. The molecule has 1 N–H and O–H groups in total. The first-order valence-electron chi connectivity index (χ1n) is 5.16. The van der Waals surface area contributed by atoms with Crippen LogP contribution in [0.3, 0.4) is 0 Å². The maximum Gasteiger partial charge on any atom is 0.123 e. The summed E-state index contributed by atoms with van der Waals surface area (Å²) in [5, 5.41) is 9.93. The molecule has 1 aromatic carbocycles. The van der Waals surface area contributed by atoms with Crippen LogP contribution in [0.25, 0.3) is 0 Å². The van der Waals surface area contributed by atoms with Crippen molar-refractivity contribution in [2.45, 2.75) is 30.8 Å². The molecule has 2 bridgehead atoms. The predicted molar refractivity (Wildman–Crippen MR) is 51.4 cm³/mol. The molecule has 3 fully saturated rings. The van der Waals surface area contributed by atoms with Crippen molar-refractivity contribution >= 4 is 0 Å². The molecule has 14 heavy (non-hydrogen) atoms. The van der Waals surface area contributed by atoms with Crippen LogP contribution >= 0.6 is 0 Å². The topological polar surface area (TPSA) is 20.2 Å². The van der Waals surface area contributed by atoms with Gasteiger partial charge in [0.05, 0.1) is 6.10 Å². The van der Waals surface area contributed by atoms with Crippen molar-refractivity contribution in [3.8, 4) is 0 Å². The van der Waals surface area contributed by atoms with Crippen molar-refractivity contribution in [3.63, 3.8) is 0 Å². The molecule has 3 aliphatic carbocycles.